The van der Waals surface area contributed by atoms with E-state index in [0.29, 0.717) is 25.7 Å². The molecule has 0 aromatic rings. The van der Waals surface area contributed by atoms with Crippen molar-refractivity contribution in [1.29, 1.82) is 0 Å². The predicted octanol–water partition coefficient (Wildman–Crippen LogP) is 4.78. The molecule has 158 valence electrons. The van der Waals surface area contributed by atoms with Crippen molar-refractivity contribution in [3.8, 4) is 0 Å². The molecule has 0 saturated carbocycles. The van der Waals surface area contributed by atoms with Gasteiger partial charge < -0.3 is 9.47 Å². The molecule has 6 nitrogen and oxygen atoms in total. The van der Waals surface area contributed by atoms with Crippen LogP contribution in [0.5, 0.6) is 0 Å². The number of likely N-dealkylation sites (tertiary alicyclic amines) is 1. The fraction of sp³-hybridized carbons (Fsp3) is 0.682. The Bertz CT molecular complexity index is 612. The van der Waals surface area contributed by atoms with Crippen LogP contribution >= 0.6 is 0 Å². The minimum Gasteiger partial charge on any atom is -0.458 e. The van der Waals surface area contributed by atoms with E-state index in [4.69, 9.17) is 9.47 Å². The molecule has 0 spiro atoms. The van der Waals surface area contributed by atoms with E-state index in [0.717, 1.165) is 4.90 Å². The first-order valence-electron chi connectivity index (χ1n) is 9.77. The van der Waals surface area contributed by atoms with Crippen LogP contribution in [-0.4, -0.2) is 40.1 Å². The van der Waals surface area contributed by atoms with E-state index in [2.05, 4.69) is 13.2 Å². The molecule has 0 aliphatic carbocycles. The second kappa shape index (κ2) is 8.93. The van der Waals surface area contributed by atoms with Crippen LogP contribution in [0.2, 0.25) is 0 Å². The number of rotatable bonds is 7. The van der Waals surface area contributed by atoms with Crippen molar-refractivity contribution in [3.63, 3.8) is 0 Å². The first-order chi connectivity index (χ1) is 12.8. The zero-order valence-corrected chi connectivity index (χ0v) is 18.2. The molecular formula is C22H35NO5. The minimum absolute atomic E-state index is 0.210. The van der Waals surface area contributed by atoms with E-state index in [9.17, 15) is 14.4 Å². The number of ether oxygens (including phenoxy) is 2. The van der Waals surface area contributed by atoms with Gasteiger partial charge in [0, 0.05) is 0 Å². The second-order valence-corrected chi connectivity index (χ2v) is 9.34. The number of carbonyl (C=O) groups excluding carboxylic acids is 3. The maximum Gasteiger partial charge on any atom is 0.417 e. The van der Waals surface area contributed by atoms with Gasteiger partial charge in [-0.25, -0.2) is 14.5 Å². The van der Waals surface area contributed by atoms with Crippen molar-refractivity contribution >= 4 is 18.0 Å². The number of esters is 1. The van der Waals surface area contributed by atoms with Crippen LogP contribution in [-0.2, 0) is 19.1 Å². The van der Waals surface area contributed by atoms with E-state index in [-0.39, 0.29) is 12.3 Å². The fourth-order valence-electron chi connectivity index (χ4n) is 3.33. The molecule has 1 atom stereocenters. The highest BCUT2D eigenvalue weighted by atomic mass is 16.6. The molecule has 28 heavy (non-hydrogen) atoms. The molecule has 0 unspecified atom stereocenters. The van der Waals surface area contributed by atoms with Gasteiger partial charge in [0.15, 0.2) is 0 Å². The van der Waals surface area contributed by atoms with Crippen molar-refractivity contribution in [2.24, 2.45) is 5.41 Å². The number of hydrogen-bond donors (Lipinski definition) is 0. The Morgan fingerprint density at radius 1 is 1.04 bits per heavy atom. The maximum atomic E-state index is 13.4. The summed E-state index contributed by atoms with van der Waals surface area (Å²) in [6.07, 6.45) is 5.08. The third-order valence-corrected chi connectivity index (χ3v) is 4.49. The van der Waals surface area contributed by atoms with Crippen LogP contribution in [0.15, 0.2) is 25.3 Å². The number of hydrogen-bond acceptors (Lipinski definition) is 5. The van der Waals surface area contributed by atoms with E-state index in [1.54, 1.807) is 53.7 Å². The Morgan fingerprint density at radius 3 is 1.89 bits per heavy atom. The smallest absolute Gasteiger partial charge is 0.417 e. The molecule has 0 aromatic carbocycles. The van der Waals surface area contributed by atoms with Crippen molar-refractivity contribution in [3.05, 3.63) is 25.3 Å². The monoisotopic (exact) mass is 393 g/mol. The van der Waals surface area contributed by atoms with Crippen LogP contribution < -0.4 is 0 Å². The lowest BCUT2D eigenvalue weighted by Gasteiger charge is -2.29. The Labute approximate surface area is 168 Å². The van der Waals surface area contributed by atoms with Gasteiger partial charge in [-0.2, -0.15) is 0 Å². The third-order valence-electron chi connectivity index (χ3n) is 4.49. The summed E-state index contributed by atoms with van der Waals surface area (Å²) in [4.78, 5) is 40.0. The Morgan fingerprint density at radius 2 is 1.50 bits per heavy atom. The average Bonchev–Trinajstić information content (AvgIpc) is 2.81. The van der Waals surface area contributed by atoms with E-state index in [1.165, 1.54) is 0 Å². The van der Waals surface area contributed by atoms with Crippen molar-refractivity contribution in [1.82, 2.24) is 4.90 Å². The molecule has 2 amide bonds. The van der Waals surface area contributed by atoms with Gasteiger partial charge in [-0.1, -0.05) is 12.2 Å². The summed E-state index contributed by atoms with van der Waals surface area (Å²) < 4.78 is 10.9. The van der Waals surface area contributed by atoms with Gasteiger partial charge in [-0.15, -0.1) is 13.2 Å². The standard InChI is InChI=1S/C22H35NO5/c1-9-11-13-22(14-12-10-2)15-16(17(24)27-20(3,4)5)23(18(22)25)19(26)28-21(6,7)8/h9-10,16H,1-2,11-15H2,3-8H3/t16-/m0/s1. The van der Waals surface area contributed by atoms with Gasteiger partial charge in [0.2, 0.25) is 5.91 Å². The Balaban J connectivity index is 3.32. The van der Waals surface area contributed by atoms with Gasteiger partial charge >= 0.3 is 12.1 Å². The molecule has 1 aliphatic heterocycles. The van der Waals surface area contributed by atoms with Gasteiger partial charge in [-0.3, -0.25) is 4.79 Å². The predicted molar refractivity (Wildman–Crippen MR) is 109 cm³/mol. The SMILES string of the molecule is C=CCCC1(CCC=C)C[C@@H](C(=O)OC(C)(C)C)N(C(=O)OC(C)(C)C)C1=O. The van der Waals surface area contributed by atoms with Crippen LogP contribution in [0.4, 0.5) is 4.79 Å². The fourth-order valence-corrected chi connectivity index (χ4v) is 3.33. The summed E-state index contributed by atoms with van der Waals surface area (Å²) in [5.74, 6) is -0.980. The van der Waals surface area contributed by atoms with E-state index >= 15 is 0 Å². The summed E-state index contributed by atoms with van der Waals surface area (Å²) in [5.41, 5.74) is -2.36. The minimum atomic E-state index is -1.00. The lowest BCUT2D eigenvalue weighted by molar-refractivity contribution is -0.161. The van der Waals surface area contributed by atoms with Crippen LogP contribution in [0.1, 0.15) is 73.6 Å². The molecule has 1 fully saturated rings. The quantitative estimate of drug-likeness (QED) is 0.459. The molecule has 1 saturated heterocycles. The number of amides is 2. The van der Waals surface area contributed by atoms with Crippen molar-refractivity contribution in [2.75, 3.05) is 0 Å². The Hall–Kier alpha value is -2.11. The highest BCUT2D eigenvalue weighted by Crippen LogP contribution is 2.45. The second-order valence-electron chi connectivity index (χ2n) is 9.34. The van der Waals surface area contributed by atoms with Crippen LogP contribution in [0.3, 0.4) is 0 Å². The summed E-state index contributed by atoms with van der Waals surface area (Å²) in [5, 5.41) is 0. The number of allylic oxidation sites excluding steroid dienone is 2. The maximum absolute atomic E-state index is 13.4. The lowest BCUT2D eigenvalue weighted by Crippen LogP contribution is -2.48. The molecule has 0 N–H and O–H groups in total. The molecule has 0 bridgehead atoms. The first kappa shape index (κ1) is 23.9. The lowest BCUT2D eigenvalue weighted by atomic mass is 9.76. The number of carbonyl (C=O) groups is 3. The third kappa shape index (κ3) is 6.21. The summed E-state index contributed by atoms with van der Waals surface area (Å²) in [6, 6.07) is -1.00. The average molecular weight is 394 g/mol. The summed E-state index contributed by atoms with van der Waals surface area (Å²) in [7, 11) is 0. The molecule has 0 aromatic heterocycles. The molecule has 1 aliphatic rings. The first-order valence-corrected chi connectivity index (χ1v) is 9.77. The Kier molecular flexibility index (Phi) is 7.63. The molecule has 1 heterocycles. The normalized spacial score (nSPS) is 19.3. The van der Waals surface area contributed by atoms with Crippen LogP contribution in [0, 0.1) is 5.41 Å². The highest BCUT2D eigenvalue weighted by Gasteiger charge is 2.57. The largest absolute Gasteiger partial charge is 0.458 e. The number of nitrogens with zero attached hydrogens (tertiary/aromatic N) is 1. The molecule has 0 radical (unpaired) electrons. The van der Waals surface area contributed by atoms with Crippen LogP contribution in [0.25, 0.3) is 0 Å². The van der Waals surface area contributed by atoms with Gasteiger partial charge in [0.25, 0.3) is 0 Å². The highest BCUT2D eigenvalue weighted by molar-refractivity contribution is 6.02. The van der Waals surface area contributed by atoms with E-state index < -0.39 is 34.7 Å². The topological polar surface area (TPSA) is 72.9 Å². The van der Waals surface area contributed by atoms with E-state index in [1.807, 2.05) is 0 Å². The zero-order chi connectivity index (χ0) is 21.8. The molecule has 6 heteroatoms. The van der Waals surface area contributed by atoms with Crippen molar-refractivity contribution in [2.45, 2.75) is 90.9 Å². The zero-order valence-electron chi connectivity index (χ0n) is 18.2. The van der Waals surface area contributed by atoms with Gasteiger partial charge in [0.05, 0.1) is 5.41 Å². The van der Waals surface area contributed by atoms with Crippen molar-refractivity contribution < 1.29 is 23.9 Å². The molecule has 1 rings (SSSR count). The number of imide groups is 1. The summed E-state index contributed by atoms with van der Waals surface area (Å²) in [6.45, 7) is 17.9. The molecular weight excluding hydrogens is 358 g/mol. The summed E-state index contributed by atoms with van der Waals surface area (Å²) >= 11 is 0. The van der Waals surface area contributed by atoms with Gasteiger partial charge in [-0.05, 0) is 73.6 Å². The van der Waals surface area contributed by atoms with Gasteiger partial charge in [0.1, 0.15) is 17.2 Å².